The smallest absolute Gasteiger partial charge is 0.261 e. The van der Waals surface area contributed by atoms with E-state index in [2.05, 4.69) is 10.4 Å². The summed E-state index contributed by atoms with van der Waals surface area (Å²) in [7, 11) is 1.61. The average Bonchev–Trinajstić information content (AvgIpc) is 3.39. The highest BCUT2D eigenvalue weighted by molar-refractivity contribution is 7.13. The maximum absolute atomic E-state index is 12.3. The van der Waals surface area contributed by atoms with Crippen molar-refractivity contribution in [3.05, 3.63) is 65.2 Å². The minimum absolute atomic E-state index is 0.0443. The minimum atomic E-state index is -0.400. The Bertz CT molecular complexity index is 985. The highest BCUT2D eigenvalue weighted by atomic mass is 32.1. The normalized spacial score (nSPS) is 11.2. The van der Waals surface area contributed by atoms with Crippen LogP contribution in [0.25, 0.3) is 22.3 Å². The number of hydrogen-bond donors (Lipinski definition) is 1. The van der Waals surface area contributed by atoms with Crippen LogP contribution in [-0.4, -0.2) is 35.9 Å². The molecule has 0 fully saturated rings. The molecule has 0 radical (unpaired) electrons. The SMILES string of the molecule is COCCCNC(=O)/C(C#N)=C/c1cn(-c2ccccc2)nc1-c1cccs1. The van der Waals surface area contributed by atoms with Gasteiger partial charge in [-0.05, 0) is 36.1 Å². The van der Waals surface area contributed by atoms with Crippen molar-refractivity contribution in [1.82, 2.24) is 15.1 Å². The number of rotatable bonds is 8. The largest absolute Gasteiger partial charge is 0.385 e. The molecule has 2 aromatic heterocycles. The molecule has 1 amide bonds. The molecule has 0 aliphatic rings. The third-order valence-corrected chi connectivity index (χ3v) is 4.87. The standard InChI is InChI=1S/C21H20N4O2S/c1-27-11-6-10-23-21(26)16(14-22)13-17-15-25(18-7-3-2-4-8-18)24-20(17)19-9-5-12-28-19/h2-5,7-9,12-13,15H,6,10-11H2,1H3,(H,23,26)/b16-13+. The van der Waals surface area contributed by atoms with Crippen LogP contribution in [-0.2, 0) is 9.53 Å². The van der Waals surface area contributed by atoms with Crippen molar-refractivity contribution < 1.29 is 9.53 Å². The van der Waals surface area contributed by atoms with Crippen molar-refractivity contribution in [2.24, 2.45) is 0 Å². The van der Waals surface area contributed by atoms with Crippen LogP contribution in [0, 0.1) is 11.3 Å². The maximum Gasteiger partial charge on any atom is 0.261 e. The van der Waals surface area contributed by atoms with E-state index in [0.29, 0.717) is 19.6 Å². The monoisotopic (exact) mass is 392 g/mol. The van der Waals surface area contributed by atoms with Crippen molar-refractivity contribution in [2.75, 3.05) is 20.3 Å². The Morgan fingerprint density at radius 1 is 1.32 bits per heavy atom. The molecule has 28 heavy (non-hydrogen) atoms. The van der Waals surface area contributed by atoms with Gasteiger partial charge in [0.15, 0.2) is 0 Å². The lowest BCUT2D eigenvalue weighted by atomic mass is 10.1. The molecule has 0 aliphatic carbocycles. The summed E-state index contributed by atoms with van der Waals surface area (Å²) in [5.41, 5.74) is 2.40. The van der Waals surface area contributed by atoms with E-state index < -0.39 is 5.91 Å². The van der Waals surface area contributed by atoms with Gasteiger partial charge in [-0.2, -0.15) is 10.4 Å². The third-order valence-electron chi connectivity index (χ3n) is 3.99. The number of para-hydroxylation sites is 1. The molecule has 1 aromatic carbocycles. The molecule has 3 aromatic rings. The Morgan fingerprint density at radius 2 is 2.14 bits per heavy atom. The third kappa shape index (κ3) is 4.74. The molecule has 0 unspecified atom stereocenters. The quantitative estimate of drug-likeness (QED) is 0.360. The highest BCUT2D eigenvalue weighted by Crippen LogP contribution is 2.29. The molecule has 6 nitrogen and oxygen atoms in total. The maximum atomic E-state index is 12.3. The summed E-state index contributed by atoms with van der Waals surface area (Å²) < 4.78 is 6.72. The van der Waals surface area contributed by atoms with Crippen LogP contribution in [0.5, 0.6) is 0 Å². The van der Waals surface area contributed by atoms with E-state index >= 15 is 0 Å². The number of carbonyl (C=O) groups is 1. The van der Waals surface area contributed by atoms with E-state index in [0.717, 1.165) is 21.8 Å². The Labute approximate surface area is 167 Å². The molecule has 7 heteroatoms. The van der Waals surface area contributed by atoms with Gasteiger partial charge >= 0.3 is 0 Å². The van der Waals surface area contributed by atoms with Gasteiger partial charge in [0.2, 0.25) is 0 Å². The fourth-order valence-electron chi connectivity index (χ4n) is 2.63. The van der Waals surface area contributed by atoms with Crippen molar-refractivity contribution in [3.63, 3.8) is 0 Å². The lowest BCUT2D eigenvalue weighted by Crippen LogP contribution is -2.26. The van der Waals surface area contributed by atoms with Gasteiger partial charge in [0.05, 0.1) is 10.6 Å². The molecule has 142 valence electrons. The van der Waals surface area contributed by atoms with Crippen LogP contribution in [0.3, 0.4) is 0 Å². The molecule has 0 bridgehead atoms. The van der Waals surface area contributed by atoms with E-state index in [1.54, 1.807) is 29.2 Å². The van der Waals surface area contributed by atoms with Crippen molar-refractivity contribution >= 4 is 23.3 Å². The number of ether oxygens (including phenoxy) is 1. The first-order valence-electron chi connectivity index (χ1n) is 8.81. The summed E-state index contributed by atoms with van der Waals surface area (Å²) in [5, 5.41) is 18.9. The fraction of sp³-hybridized carbons (Fsp3) is 0.190. The van der Waals surface area contributed by atoms with Gasteiger partial charge in [-0.15, -0.1) is 11.3 Å². The van der Waals surface area contributed by atoms with Crippen LogP contribution in [0.2, 0.25) is 0 Å². The Morgan fingerprint density at radius 3 is 2.82 bits per heavy atom. The highest BCUT2D eigenvalue weighted by Gasteiger charge is 2.15. The number of thiophene rings is 1. The Balaban J connectivity index is 1.93. The van der Waals surface area contributed by atoms with Crippen LogP contribution >= 0.6 is 11.3 Å². The zero-order valence-electron chi connectivity index (χ0n) is 15.5. The zero-order chi connectivity index (χ0) is 19.8. The van der Waals surface area contributed by atoms with Crippen molar-refractivity contribution in [1.29, 1.82) is 5.26 Å². The summed E-state index contributed by atoms with van der Waals surface area (Å²) >= 11 is 1.56. The first-order valence-corrected chi connectivity index (χ1v) is 9.69. The van der Waals surface area contributed by atoms with Gasteiger partial charge in [-0.1, -0.05) is 24.3 Å². The lowest BCUT2D eigenvalue weighted by Gasteiger charge is -2.03. The molecule has 0 atom stereocenters. The molecular formula is C21H20N4O2S. The summed E-state index contributed by atoms with van der Waals surface area (Å²) in [6.07, 6.45) is 4.11. The Kier molecular flexibility index (Phi) is 6.73. The minimum Gasteiger partial charge on any atom is -0.385 e. The van der Waals surface area contributed by atoms with Gasteiger partial charge < -0.3 is 10.1 Å². The van der Waals surface area contributed by atoms with Crippen molar-refractivity contribution in [3.8, 4) is 22.3 Å². The second kappa shape index (κ2) is 9.65. The molecule has 0 spiro atoms. The van der Waals surface area contributed by atoms with Gasteiger partial charge in [0, 0.05) is 32.0 Å². The number of nitrogens with one attached hydrogen (secondary N) is 1. The molecule has 0 saturated heterocycles. The molecule has 0 aliphatic heterocycles. The molecule has 3 rings (SSSR count). The Hall–Kier alpha value is -3.21. The second-order valence-corrected chi connectivity index (χ2v) is 6.91. The lowest BCUT2D eigenvalue weighted by molar-refractivity contribution is -0.117. The number of amides is 1. The average molecular weight is 392 g/mol. The molecule has 2 heterocycles. The van der Waals surface area contributed by atoms with E-state index in [1.807, 2.05) is 60.1 Å². The van der Waals surface area contributed by atoms with E-state index in [1.165, 1.54) is 0 Å². The second-order valence-electron chi connectivity index (χ2n) is 5.96. The number of benzene rings is 1. The number of carbonyl (C=O) groups excluding carboxylic acids is 1. The van der Waals surface area contributed by atoms with Crippen LogP contribution < -0.4 is 5.32 Å². The predicted octanol–water partition coefficient (Wildman–Crippen LogP) is 3.66. The fourth-order valence-corrected chi connectivity index (χ4v) is 3.36. The van der Waals surface area contributed by atoms with E-state index in [9.17, 15) is 10.1 Å². The molecule has 1 N–H and O–H groups in total. The number of methoxy groups -OCH3 is 1. The van der Waals surface area contributed by atoms with Gasteiger partial charge in [-0.3, -0.25) is 4.79 Å². The van der Waals surface area contributed by atoms with Crippen LogP contribution in [0.1, 0.15) is 12.0 Å². The van der Waals surface area contributed by atoms with Crippen LogP contribution in [0.15, 0.2) is 59.6 Å². The number of nitrogens with zero attached hydrogens (tertiary/aromatic N) is 3. The van der Waals surface area contributed by atoms with Gasteiger partial charge in [0.1, 0.15) is 17.3 Å². The number of nitriles is 1. The summed E-state index contributed by atoms with van der Waals surface area (Å²) in [5.74, 6) is -0.400. The predicted molar refractivity (Wildman–Crippen MR) is 110 cm³/mol. The topological polar surface area (TPSA) is 79.9 Å². The first kappa shape index (κ1) is 19.5. The number of aromatic nitrogens is 2. The summed E-state index contributed by atoms with van der Waals surface area (Å²) in [4.78, 5) is 13.3. The zero-order valence-corrected chi connectivity index (χ0v) is 16.3. The number of hydrogen-bond acceptors (Lipinski definition) is 5. The summed E-state index contributed by atoms with van der Waals surface area (Å²) in [6, 6.07) is 15.6. The van der Waals surface area contributed by atoms with Gasteiger partial charge in [-0.25, -0.2) is 4.68 Å². The van der Waals surface area contributed by atoms with E-state index in [-0.39, 0.29) is 5.57 Å². The van der Waals surface area contributed by atoms with Crippen LogP contribution in [0.4, 0.5) is 0 Å². The van der Waals surface area contributed by atoms with E-state index in [4.69, 9.17) is 4.74 Å². The molecule has 0 saturated carbocycles. The molecular weight excluding hydrogens is 372 g/mol. The van der Waals surface area contributed by atoms with Crippen molar-refractivity contribution in [2.45, 2.75) is 6.42 Å². The summed E-state index contributed by atoms with van der Waals surface area (Å²) in [6.45, 7) is 1.00. The van der Waals surface area contributed by atoms with Gasteiger partial charge in [0.25, 0.3) is 5.91 Å². The first-order chi connectivity index (χ1) is 13.7.